The molecule has 1 aromatic carbocycles. The Kier molecular flexibility index (Phi) is 5.83. The number of nitrogens with one attached hydrogen (secondary N) is 1. The Labute approximate surface area is 118 Å². The third-order valence-electron chi connectivity index (χ3n) is 2.97. The first-order valence-corrected chi connectivity index (χ1v) is 6.64. The maximum atomic E-state index is 11.9. The van der Waals surface area contributed by atoms with Gasteiger partial charge >= 0.3 is 0 Å². The molecule has 2 amide bonds. The SMILES string of the molecule is CCC(C)N(CC(=O)Nc1ccc(Cl)cc1)C(C)=O. The maximum Gasteiger partial charge on any atom is 0.244 e. The molecule has 0 spiro atoms. The first-order valence-electron chi connectivity index (χ1n) is 6.26. The lowest BCUT2D eigenvalue weighted by molar-refractivity contribution is -0.134. The highest BCUT2D eigenvalue weighted by molar-refractivity contribution is 6.30. The second-order valence-electron chi connectivity index (χ2n) is 4.46. The smallest absolute Gasteiger partial charge is 0.244 e. The summed E-state index contributed by atoms with van der Waals surface area (Å²) in [6.07, 6.45) is 0.813. The van der Waals surface area contributed by atoms with Gasteiger partial charge in [-0.25, -0.2) is 0 Å². The highest BCUT2D eigenvalue weighted by atomic mass is 35.5. The van der Waals surface area contributed by atoms with E-state index in [1.807, 2.05) is 13.8 Å². The molecule has 19 heavy (non-hydrogen) atoms. The molecule has 0 bridgehead atoms. The minimum absolute atomic E-state index is 0.0495. The topological polar surface area (TPSA) is 49.4 Å². The number of hydrogen-bond acceptors (Lipinski definition) is 2. The van der Waals surface area contributed by atoms with Crippen LogP contribution in [0, 0.1) is 0 Å². The van der Waals surface area contributed by atoms with Crippen molar-refractivity contribution in [1.29, 1.82) is 0 Å². The Morgan fingerprint density at radius 3 is 2.37 bits per heavy atom. The minimum Gasteiger partial charge on any atom is -0.331 e. The summed E-state index contributed by atoms with van der Waals surface area (Å²) in [5.41, 5.74) is 0.669. The number of benzene rings is 1. The molecule has 0 aliphatic carbocycles. The van der Waals surface area contributed by atoms with Crippen molar-refractivity contribution in [1.82, 2.24) is 4.90 Å². The fraction of sp³-hybridized carbons (Fsp3) is 0.429. The molecule has 0 fully saturated rings. The van der Waals surface area contributed by atoms with E-state index in [1.165, 1.54) is 6.92 Å². The molecule has 1 atom stereocenters. The van der Waals surface area contributed by atoms with Gasteiger partial charge in [0.05, 0.1) is 0 Å². The molecule has 1 N–H and O–H groups in total. The normalized spacial score (nSPS) is 11.8. The van der Waals surface area contributed by atoms with E-state index in [1.54, 1.807) is 29.2 Å². The Morgan fingerprint density at radius 2 is 1.89 bits per heavy atom. The van der Waals surface area contributed by atoms with Crippen LogP contribution in [0.15, 0.2) is 24.3 Å². The van der Waals surface area contributed by atoms with Crippen LogP contribution in [0.5, 0.6) is 0 Å². The number of carbonyl (C=O) groups is 2. The summed E-state index contributed by atoms with van der Waals surface area (Å²) in [6, 6.07) is 6.90. The van der Waals surface area contributed by atoms with Gasteiger partial charge in [0.1, 0.15) is 6.54 Å². The molecule has 1 rings (SSSR count). The summed E-state index contributed by atoms with van der Waals surface area (Å²) in [5, 5.41) is 3.36. The lowest BCUT2D eigenvalue weighted by atomic mass is 10.2. The predicted molar refractivity (Wildman–Crippen MR) is 77.2 cm³/mol. The minimum atomic E-state index is -0.210. The highest BCUT2D eigenvalue weighted by Crippen LogP contribution is 2.13. The van der Waals surface area contributed by atoms with E-state index in [0.717, 1.165) is 6.42 Å². The number of hydrogen-bond donors (Lipinski definition) is 1. The Hall–Kier alpha value is -1.55. The van der Waals surface area contributed by atoms with Crippen LogP contribution in [0.2, 0.25) is 5.02 Å². The molecule has 0 aromatic heterocycles. The predicted octanol–water partition coefficient (Wildman–Crippen LogP) is 2.93. The zero-order valence-electron chi connectivity index (χ0n) is 11.4. The van der Waals surface area contributed by atoms with Crippen molar-refractivity contribution in [3.05, 3.63) is 29.3 Å². The van der Waals surface area contributed by atoms with Gasteiger partial charge in [-0.05, 0) is 37.6 Å². The number of halogens is 1. The molecular formula is C14H19ClN2O2. The molecule has 0 aliphatic rings. The molecule has 1 aromatic rings. The zero-order chi connectivity index (χ0) is 14.4. The van der Waals surface area contributed by atoms with E-state index in [0.29, 0.717) is 10.7 Å². The van der Waals surface area contributed by atoms with Crippen molar-refractivity contribution < 1.29 is 9.59 Å². The molecule has 104 valence electrons. The average Bonchev–Trinajstić information content (AvgIpc) is 2.37. The van der Waals surface area contributed by atoms with E-state index < -0.39 is 0 Å². The summed E-state index contributed by atoms with van der Waals surface area (Å²) >= 11 is 5.77. The molecule has 1 unspecified atom stereocenters. The van der Waals surface area contributed by atoms with Crippen molar-refractivity contribution >= 4 is 29.1 Å². The fourth-order valence-corrected chi connectivity index (χ4v) is 1.81. The standard InChI is InChI=1S/C14H19ClN2O2/c1-4-10(2)17(11(3)18)9-14(19)16-13-7-5-12(15)6-8-13/h5-8,10H,4,9H2,1-3H3,(H,16,19). The van der Waals surface area contributed by atoms with Gasteiger partial charge in [0.15, 0.2) is 0 Å². The molecule has 0 aliphatic heterocycles. The van der Waals surface area contributed by atoms with E-state index in [2.05, 4.69) is 5.32 Å². The molecule has 5 heteroatoms. The summed E-state index contributed by atoms with van der Waals surface area (Å²) in [6.45, 7) is 5.45. The summed E-state index contributed by atoms with van der Waals surface area (Å²) < 4.78 is 0. The van der Waals surface area contributed by atoms with Crippen LogP contribution in [0.3, 0.4) is 0 Å². The fourth-order valence-electron chi connectivity index (χ4n) is 1.69. The summed E-state index contributed by atoms with van der Waals surface area (Å²) in [7, 11) is 0. The Bertz CT molecular complexity index is 445. The molecule has 0 heterocycles. The lowest BCUT2D eigenvalue weighted by Gasteiger charge is -2.26. The van der Waals surface area contributed by atoms with Crippen LogP contribution < -0.4 is 5.32 Å². The number of anilines is 1. The molecule has 0 saturated carbocycles. The van der Waals surface area contributed by atoms with Gasteiger partial charge in [0.25, 0.3) is 0 Å². The van der Waals surface area contributed by atoms with Crippen molar-refractivity contribution in [2.45, 2.75) is 33.2 Å². The van der Waals surface area contributed by atoms with Crippen LogP contribution in [-0.4, -0.2) is 29.3 Å². The van der Waals surface area contributed by atoms with E-state index >= 15 is 0 Å². The van der Waals surface area contributed by atoms with E-state index in [-0.39, 0.29) is 24.4 Å². The average molecular weight is 283 g/mol. The quantitative estimate of drug-likeness (QED) is 0.903. The number of rotatable bonds is 5. The molecular weight excluding hydrogens is 264 g/mol. The second kappa shape index (κ2) is 7.14. The van der Waals surface area contributed by atoms with Crippen LogP contribution in [-0.2, 0) is 9.59 Å². The van der Waals surface area contributed by atoms with Crippen molar-refractivity contribution in [2.75, 3.05) is 11.9 Å². The van der Waals surface area contributed by atoms with Crippen LogP contribution in [0.25, 0.3) is 0 Å². The molecule has 0 saturated heterocycles. The van der Waals surface area contributed by atoms with Gasteiger partial charge in [-0.3, -0.25) is 9.59 Å². The van der Waals surface area contributed by atoms with Gasteiger partial charge in [0.2, 0.25) is 11.8 Å². The first-order chi connectivity index (χ1) is 8.93. The Morgan fingerprint density at radius 1 is 1.32 bits per heavy atom. The van der Waals surface area contributed by atoms with Crippen LogP contribution in [0.4, 0.5) is 5.69 Å². The van der Waals surface area contributed by atoms with Gasteiger partial charge in [-0.2, -0.15) is 0 Å². The van der Waals surface area contributed by atoms with Gasteiger partial charge in [-0.1, -0.05) is 18.5 Å². The lowest BCUT2D eigenvalue weighted by Crippen LogP contribution is -2.42. The summed E-state index contributed by atoms with van der Waals surface area (Å²) in [5.74, 6) is -0.307. The van der Waals surface area contributed by atoms with E-state index in [9.17, 15) is 9.59 Å². The van der Waals surface area contributed by atoms with Crippen molar-refractivity contribution in [2.24, 2.45) is 0 Å². The zero-order valence-corrected chi connectivity index (χ0v) is 12.2. The van der Waals surface area contributed by atoms with E-state index in [4.69, 9.17) is 11.6 Å². The summed E-state index contributed by atoms with van der Waals surface area (Å²) in [4.78, 5) is 25.0. The van der Waals surface area contributed by atoms with Gasteiger partial charge < -0.3 is 10.2 Å². The second-order valence-corrected chi connectivity index (χ2v) is 4.90. The number of amides is 2. The van der Waals surface area contributed by atoms with Gasteiger partial charge in [0, 0.05) is 23.7 Å². The highest BCUT2D eigenvalue weighted by Gasteiger charge is 2.18. The van der Waals surface area contributed by atoms with Crippen molar-refractivity contribution in [3.63, 3.8) is 0 Å². The Balaban J connectivity index is 2.62. The monoisotopic (exact) mass is 282 g/mol. The van der Waals surface area contributed by atoms with Crippen molar-refractivity contribution in [3.8, 4) is 0 Å². The van der Waals surface area contributed by atoms with Gasteiger partial charge in [-0.15, -0.1) is 0 Å². The molecule has 4 nitrogen and oxygen atoms in total. The molecule has 0 radical (unpaired) electrons. The third kappa shape index (κ3) is 4.91. The largest absolute Gasteiger partial charge is 0.331 e. The van der Waals surface area contributed by atoms with Crippen LogP contribution in [0.1, 0.15) is 27.2 Å². The first kappa shape index (κ1) is 15.5. The van der Waals surface area contributed by atoms with Crippen LogP contribution >= 0.6 is 11.6 Å². The number of nitrogens with zero attached hydrogens (tertiary/aromatic N) is 1. The number of carbonyl (C=O) groups excluding carboxylic acids is 2. The maximum absolute atomic E-state index is 11.9. The third-order valence-corrected chi connectivity index (χ3v) is 3.22.